The Hall–Kier alpha value is -3.08. The maximum atomic E-state index is 12.9. The summed E-state index contributed by atoms with van der Waals surface area (Å²) in [5, 5.41) is 3.16. The normalized spacial score (nSPS) is 17.2. The molecule has 1 aliphatic heterocycles. The Kier molecular flexibility index (Phi) is 7.25. The van der Waals surface area contributed by atoms with Crippen LogP contribution in [0.4, 0.5) is 4.79 Å². The van der Waals surface area contributed by atoms with Crippen LogP contribution in [-0.2, 0) is 0 Å². The zero-order valence-corrected chi connectivity index (χ0v) is 18.9. The number of urea groups is 1. The lowest BCUT2D eigenvalue weighted by molar-refractivity contribution is 0.0674. The lowest BCUT2D eigenvalue weighted by atomic mass is 9.95. The summed E-state index contributed by atoms with van der Waals surface area (Å²) in [6.07, 6.45) is 6.16. The summed E-state index contributed by atoms with van der Waals surface area (Å²) in [6.45, 7) is 4.93. The Morgan fingerprint density at radius 1 is 0.969 bits per heavy atom. The van der Waals surface area contributed by atoms with Crippen LogP contribution in [0.5, 0.6) is 0 Å². The highest BCUT2D eigenvalue weighted by atomic mass is 16.2. The molecule has 0 radical (unpaired) electrons. The number of rotatable bonds is 7. The molecule has 0 bridgehead atoms. The van der Waals surface area contributed by atoms with Crippen molar-refractivity contribution in [2.45, 2.75) is 38.6 Å². The highest BCUT2D eigenvalue weighted by Gasteiger charge is 2.29. The van der Waals surface area contributed by atoms with Crippen LogP contribution in [0.15, 0.2) is 66.2 Å². The molecule has 5 heteroatoms. The molecule has 0 unspecified atom stereocenters. The van der Waals surface area contributed by atoms with Gasteiger partial charge in [0.05, 0.1) is 0 Å². The van der Waals surface area contributed by atoms with E-state index < -0.39 is 0 Å². The van der Waals surface area contributed by atoms with E-state index in [-0.39, 0.29) is 11.9 Å². The number of likely N-dealkylation sites (tertiary alicyclic amines) is 1. The quantitative estimate of drug-likeness (QED) is 0.684. The van der Waals surface area contributed by atoms with Gasteiger partial charge in [-0.25, -0.2) is 4.79 Å². The SMILES string of the molecule is C/C(=C\c1ccccc1)CN(CC1CCN(C(=O)c2ccccc2)CC1)C(=O)NC1CC1. The first-order valence-corrected chi connectivity index (χ1v) is 11.7. The number of hydrogen-bond donors (Lipinski definition) is 1. The van der Waals surface area contributed by atoms with Crippen molar-refractivity contribution in [1.29, 1.82) is 0 Å². The Bertz CT molecular complexity index is 930. The summed E-state index contributed by atoms with van der Waals surface area (Å²) in [6, 6.07) is 20.1. The van der Waals surface area contributed by atoms with Gasteiger partial charge in [-0.15, -0.1) is 0 Å². The molecule has 2 aromatic rings. The van der Waals surface area contributed by atoms with Gasteiger partial charge in [-0.1, -0.05) is 60.2 Å². The molecular formula is C27H33N3O2. The first-order valence-electron chi connectivity index (χ1n) is 11.7. The van der Waals surface area contributed by atoms with Crippen molar-refractivity contribution < 1.29 is 9.59 Å². The molecule has 3 amide bonds. The van der Waals surface area contributed by atoms with E-state index >= 15 is 0 Å². The van der Waals surface area contributed by atoms with Gasteiger partial charge in [0, 0.05) is 37.8 Å². The number of benzene rings is 2. The first-order chi connectivity index (χ1) is 15.6. The maximum absolute atomic E-state index is 12.9. The van der Waals surface area contributed by atoms with Gasteiger partial charge in [-0.05, 0) is 56.2 Å². The van der Waals surface area contributed by atoms with E-state index in [1.807, 2.05) is 58.3 Å². The zero-order valence-electron chi connectivity index (χ0n) is 18.9. The van der Waals surface area contributed by atoms with Crippen LogP contribution >= 0.6 is 0 Å². The van der Waals surface area contributed by atoms with E-state index in [9.17, 15) is 9.59 Å². The molecule has 2 fully saturated rings. The molecule has 1 saturated carbocycles. The Labute approximate surface area is 191 Å². The predicted molar refractivity (Wildman–Crippen MR) is 128 cm³/mol. The standard InChI is InChI=1S/C27H33N3O2/c1-21(18-22-8-4-2-5-9-22)19-30(27(32)28-25-12-13-25)20-23-14-16-29(17-15-23)26(31)24-10-6-3-7-11-24/h2-11,18,23,25H,12-17,19-20H2,1H3,(H,28,32)/b21-18+. The molecule has 4 rings (SSSR count). The molecular weight excluding hydrogens is 398 g/mol. The molecule has 1 N–H and O–H groups in total. The lowest BCUT2D eigenvalue weighted by Crippen LogP contribution is -2.46. The number of piperidine rings is 1. The first kappa shape index (κ1) is 22.1. The zero-order chi connectivity index (χ0) is 22.3. The van der Waals surface area contributed by atoms with Crippen molar-refractivity contribution in [2.75, 3.05) is 26.2 Å². The van der Waals surface area contributed by atoms with Crippen molar-refractivity contribution in [3.63, 3.8) is 0 Å². The van der Waals surface area contributed by atoms with Crippen LogP contribution in [-0.4, -0.2) is 54.0 Å². The highest BCUT2D eigenvalue weighted by molar-refractivity contribution is 5.94. The number of hydrogen-bond acceptors (Lipinski definition) is 2. The summed E-state index contributed by atoms with van der Waals surface area (Å²) in [7, 11) is 0. The van der Waals surface area contributed by atoms with Crippen molar-refractivity contribution in [3.05, 3.63) is 77.4 Å². The molecule has 1 aliphatic carbocycles. The molecule has 32 heavy (non-hydrogen) atoms. The Morgan fingerprint density at radius 3 is 2.22 bits per heavy atom. The minimum Gasteiger partial charge on any atom is -0.339 e. The van der Waals surface area contributed by atoms with E-state index in [1.54, 1.807) is 0 Å². The van der Waals surface area contributed by atoms with Gasteiger partial charge in [-0.2, -0.15) is 0 Å². The highest BCUT2D eigenvalue weighted by Crippen LogP contribution is 2.23. The number of amides is 3. The van der Waals surface area contributed by atoms with Crippen molar-refractivity contribution in [1.82, 2.24) is 15.1 Å². The molecule has 2 aromatic carbocycles. The summed E-state index contributed by atoms with van der Waals surface area (Å²) >= 11 is 0. The van der Waals surface area contributed by atoms with Gasteiger partial charge in [-0.3, -0.25) is 4.79 Å². The van der Waals surface area contributed by atoms with E-state index in [0.29, 0.717) is 18.5 Å². The van der Waals surface area contributed by atoms with Gasteiger partial charge in [0.15, 0.2) is 0 Å². The lowest BCUT2D eigenvalue weighted by Gasteiger charge is -2.35. The van der Waals surface area contributed by atoms with Crippen LogP contribution < -0.4 is 5.32 Å². The van der Waals surface area contributed by atoms with Crippen molar-refractivity contribution in [3.8, 4) is 0 Å². The topological polar surface area (TPSA) is 52.7 Å². The maximum Gasteiger partial charge on any atom is 0.317 e. The van der Waals surface area contributed by atoms with Gasteiger partial charge < -0.3 is 15.1 Å². The third kappa shape index (κ3) is 6.22. The molecule has 0 aromatic heterocycles. The van der Waals surface area contributed by atoms with Crippen LogP contribution in [0.25, 0.3) is 6.08 Å². The van der Waals surface area contributed by atoms with Crippen LogP contribution in [0, 0.1) is 5.92 Å². The molecule has 0 atom stereocenters. The fourth-order valence-electron chi connectivity index (χ4n) is 4.29. The molecule has 5 nitrogen and oxygen atoms in total. The molecule has 168 valence electrons. The largest absolute Gasteiger partial charge is 0.339 e. The summed E-state index contributed by atoms with van der Waals surface area (Å²) < 4.78 is 0. The molecule has 2 aliphatic rings. The van der Waals surface area contributed by atoms with Crippen LogP contribution in [0.1, 0.15) is 48.5 Å². The number of carbonyl (C=O) groups is 2. The van der Waals surface area contributed by atoms with Gasteiger partial charge in [0.1, 0.15) is 0 Å². The minimum absolute atomic E-state index is 0.0381. The predicted octanol–water partition coefficient (Wildman–Crippen LogP) is 4.82. The molecule has 1 heterocycles. The Morgan fingerprint density at radius 2 is 1.59 bits per heavy atom. The van der Waals surface area contributed by atoms with Crippen molar-refractivity contribution in [2.24, 2.45) is 5.92 Å². The van der Waals surface area contributed by atoms with Gasteiger partial charge in [0.2, 0.25) is 0 Å². The minimum atomic E-state index is 0.0381. The monoisotopic (exact) mass is 431 g/mol. The van der Waals surface area contributed by atoms with E-state index in [4.69, 9.17) is 0 Å². The van der Waals surface area contributed by atoms with Gasteiger partial charge in [0.25, 0.3) is 5.91 Å². The summed E-state index contributed by atoms with van der Waals surface area (Å²) in [5.41, 5.74) is 3.07. The van der Waals surface area contributed by atoms with Crippen molar-refractivity contribution >= 4 is 18.0 Å². The summed E-state index contributed by atoms with van der Waals surface area (Å²) in [5.74, 6) is 0.512. The van der Waals surface area contributed by atoms with E-state index in [0.717, 1.165) is 56.4 Å². The molecule has 0 spiro atoms. The average molecular weight is 432 g/mol. The second-order valence-electron chi connectivity index (χ2n) is 9.11. The van der Waals surface area contributed by atoms with E-state index in [2.05, 4.69) is 30.4 Å². The number of nitrogens with one attached hydrogen (secondary N) is 1. The number of carbonyl (C=O) groups excluding carboxylic acids is 2. The van der Waals surface area contributed by atoms with E-state index in [1.165, 1.54) is 5.57 Å². The third-order valence-electron chi connectivity index (χ3n) is 6.25. The number of nitrogens with zero attached hydrogens (tertiary/aromatic N) is 2. The second-order valence-corrected chi connectivity index (χ2v) is 9.11. The second kappa shape index (κ2) is 10.5. The summed E-state index contributed by atoms with van der Waals surface area (Å²) in [4.78, 5) is 29.6. The third-order valence-corrected chi connectivity index (χ3v) is 6.25. The molecule has 1 saturated heterocycles. The van der Waals surface area contributed by atoms with Gasteiger partial charge >= 0.3 is 6.03 Å². The average Bonchev–Trinajstić information content (AvgIpc) is 3.64. The smallest absolute Gasteiger partial charge is 0.317 e. The fourth-order valence-corrected chi connectivity index (χ4v) is 4.29. The van der Waals surface area contributed by atoms with Crippen LogP contribution in [0.3, 0.4) is 0 Å². The van der Waals surface area contributed by atoms with Crippen LogP contribution in [0.2, 0.25) is 0 Å². The Balaban J connectivity index is 1.35. The fraction of sp³-hybridized carbons (Fsp3) is 0.407.